The Morgan fingerprint density at radius 3 is 2.77 bits per heavy atom. The molecule has 148 valence electrons. The van der Waals surface area contributed by atoms with Gasteiger partial charge in [-0.05, 0) is 36.3 Å². The van der Waals surface area contributed by atoms with Crippen molar-refractivity contribution in [3.63, 3.8) is 0 Å². The minimum Gasteiger partial charge on any atom is -0.307 e. The number of carbonyl (C=O) groups excluding carboxylic acids is 1. The van der Waals surface area contributed by atoms with Gasteiger partial charge in [-0.15, -0.1) is 0 Å². The SMILES string of the molecule is C=CC(=C)c1ccc(/C=C/C=C(\C=C/C)C(=O)Nc2ccccn2)c2cncnc12. The van der Waals surface area contributed by atoms with Gasteiger partial charge >= 0.3 is 0 Å². The lowest BCUT2D eigenvalue weighted by Gasteiger charge is -2.07. The molecule has 0 fully saturated rings. The molecule has 5 heteroatoms. The molecule has 3 rings (SSSR count). The summed E-state index contributed by atoms with van der Waals surface area (Å²) in [7, 11) is 0. The van der Waals surface area contributed by atoms with Crippen molar-refractivity contribution in [2.45, 2.75) is 6.92 Å². The van der Waals surface area contributed by atoms with Gasteiger partial charge in [0, 0.05) is 28.9 Å². The number of aromatic nitrogens is 3. The number of anilines is 1. The Bertz CT molecular complexity index is 1170. The maximum Gasteiger partial charge on any atom is 0.256 e. The zero-order valence-corrected chi connectivity index (χ0v) is 16.7. The average Bonchev–Trinajstić information content (AvgIpc) is 2.78. The molecule has 0 aliphatic rings. The van der Waals surface area contributed by atoms with Crippen LogP contribution in [0.4, 0.5) is 5.82 Å². The normalized spacial score (nSPS) is 11.8. The van der Waals surface area contributed by atoms with Crippen molar-refractivity contribution < 1.29 is 4.79 Å². The van der Waals surface area contributed by atoms with Gasteiger partial charge in [0.25, 0.3) is 5.91 Å². The standard InChI is InChI=1S/C25H22N4O/c1-4-9-20(25(30)29-23-12-6-7-15-27-23)11-8-10-19-13-14-21(18(3)5-2)24-22(19)16-26-17-28-24/h4-17H,2-3H2,1H3,(H,27,29,30)/b9-4-,10-8+,20-11+. The first-order chi connectivity index (χ1) is 14.6. The molecular weight excluding hydrogens is 372 g/mol. The lowest BCUT2D eigenvalue weighted by atomic mass is 10.00. The third-order valence-electron chi connectivity index (χ3n) is 4.37. The smallest absolute Gasteiger partial charge is 0.256 e. The number of carbonyl (C=O) groups is 1. The van der Waals surface area contributed by atoms with Gasteiger partial charge in [-0.1, -0.05) is 61.7 Å². The summed E-state index contributed by atoms with van der Waals surface area (Å²) in [5, 5.41) is 3.69. The third-order valence-corrected chi connectivity index (χ3v) is 4.37. The number of hydrogen-bond donors (Lipinski definition) is 1. The number of allylic oxidation sites excluding steroid dienone is 5. The molecule has 3 aromatic rings. The molecule has 0 spiro atoms. The summed E-state index contributed by atoms with van der Waals surface area (Å²) < 4.78 is 0. The Hall–Kier alpha value is -4.12. The van der Waals surface area contributed by atoms with Crippen LogP contribution in [0.3, 0.4) is 0 Å². The second-order valence-corrected chi connectivity index (χ2v) is 6.37. The molecule has 0 bridgehead atoms. The largest absolute Gasteiger partial charge is 0.307 e. The van der Waals surface area contributed by atoms with Crippen molar-refractivity contribution in [3.05, 3.63) is 109 Å². The highest BCUT2D eigenvalue weighted by Crippen LogP contribution is 2.26. The Labute approximate surface area is 175 Å². The van der Waals surface area contributed by atoms with E-state index in [1.165, 1.54) is 6.33 Å². The second kappa shape index (κ2) is 9.89. The van der Waals surface area contributed by atoms with Gasteiger partial charge in [0.2, 0.25) is 0 Å². The van der Waals surface area contributed by atoms with Crippen molar-refractivity contribution >= 4 is 34.3 Å². The Kier molecular flexibility index (Phi) is 6.79. The molecule has 1 amide bonds. The van der Waals surface area contributed by atoms with E-state index in [0.29, 0.717) is 11.4 Å². The van der Waals surface area contributed by atoms with E-state index in [1.807, 2.05) is 43.4 Å². The molecule has 0 aliphatic carbocycles. The van der Waals surface area contributed by atoms with E-state index < -0.39 is 0 Å². The fourth-order valence-corrected chi connectivity index (χ4v) is 2.88. The molecule has 0 radical (unpaired) electrons. The third kappa shape index (κ3) is 4.83. The van der Waals surface area contributed by atoms with Crippen LogP contribution in [0, 0.1) is 0 Å². The minimum absolute atomic E-state index is 0.234. The van der Waals surface area contributed by atoms with Crippen LogP contribution in [0.2, 0.25) is 0 Å². The topological polar surface area (TPSA) is 67.8 Å². The molecule has 30 heavy (non-hydrogen) atoms. The number of fused-ring (bicyclic) bond motifs is 1. The minimum atomic E-state index is -0.234. The molecule has 1 N–H and O–H groups in total. The number of nitrogens with one attached hydrogen (secondary N) is 1. The van der Waals surface area contributed by atoms with Gasteiger partial charge in [0.15, 0.2) is 0 Å². The molecule has 2 aromatic heterocycles. The van der Waals surface area contributed by atoms with Crippen molar-refractivity contribution in [2.24, 2.45) is 0 Å². The van der Waals surface area contributed by atoms with Crippen LogP contribution in [0.15, 0.2) is 98.2 Å². The van der Waals surface area contributed by atoms with Gasteiger partial charge < -0.3 is 5.32 Å². The number of rotatable bonds is 7. The summed E-state index contributed by atoms with van der Waals surface area (Å²) in [5.74, 6) is 0.269. The van der Waals surface area contributed by atoms with Crippen LogP contribution in [-0.4, -0.2) is 20.9 Å². The highest BCUT2D eigenvalue weighted by molar-refractivity contribution is 6.05. The van der Waals surface area contributed by atoms with E-state index in [4.69, 9.17) is 0 Å². The zero-order chi connectivity index (χ0) is 21.3. The summed E-state index contributed by atoms with van der Waals surface area (Å²) >= 11 is 0. The quantitative estimate of drug-likeness (QED) is 0.432. The Balaban J connectivity index is 1.90. The first-order valence-electron chi connectivity index (χ1n) is 9.42. The lowest BCUT2D eigenvalue weighted by molar-refractivity contribution is -0.112. The highest BCUT2D eigenvalue weighted by atomic mass is 16.1. The van der Waals surface area contributed by atoms with E-state index in [1.54, 1.807) is 42.8 Å². The predicted octanol–water partition coefficient (Wildman–Crippen LogP) is 5.38. The number of pyridine rings is 1. The molecule has 0 unspecified atom stereocenters. The van der Waals surface area contributed by atoms with E-state index >= 15 is 0 Å². The fraction of sp³-hybridized carbons (Fsp3) is 0.0400. The van der Waals surface area contributed by atoms with Crippen LogP contribution in [0.5, 0.6) is 0 Å². The molecule has 2 heterocycles. The van der Waals surface area contributed by atoms with Gasteiger partial charge in [-0.3, -0.25) is 4.79 Å². The monoisotopic (exact) mass is 394 g/mol. The van der Waals surface area contributed by atoms with Crippen LogP contribution in [0.25, 0.3) is 22.6 Å². The van der Waals surface area contributed by atoms with Crippen molar-refractivity contribution in [1.82, 2.24) is 15.0 Å². The van der Waals surface area contributed by atoms with E-state index in [-0.39, 0.29) is 5.91 Å². The summed E-state index contributed by atoms with van der Waals surface area (Å²) in [6.45, 7) is 9.67. The summed E-state index contributed by atoms with van der Waals surface area (Å²) in [6, 6.07) is 9.29. The van der Waals surface area contributed by atoms with Crippen LogP contribution in [0.1, 0.15) is 18.1 Å². The van der Waals surface area contributed by atoms with E-state index in [9.17, 15) is 4.79 Å². The number of benzene rings is 1. The second-order valence-electron chi connectivity index (χ2n) is 6.37. The van der Waals surface area contributed by atoms with Crippen molar-refractivity contribution in [3.8, 4) is 0 Å². The first-order valence-corrected chi connectivity index (χ1v) is 9.42. The molecule has 0 atom stereocenters. The number of hydrogen-bond acceptors (Lipinski definition) is 4. The van der Waals surface area contributed by atoms with Crippen LogP contribution < -0.4 is 5.32 Å². The molecular formula is C25H22N4O. The maximum atomic E-state index is 12.6. The highest BCUT2D eigenvalue weighted by Gasteiger charge is 2.08. The molecule has 0 saturated heterocycles. The molecule has 0 saturated carbocycles. The predicted molar refractivity (Wildman–Crippen MR) is 124 cm³/mol. The zero-order valence-electron chi connectivity index (χ0n) is 16.7. The molecule has 5 nitrogen and oxygen atoms in total. The first kappa shape index (κ1) is 20.6. The van der Waals surface area contributed by atoms with Crippen molar-refractivity contribution in [1.29, 1.82) is 0 Å². The van der Waals surface area contributed by atoms with Crippen LogP contribution in [-0.2, 0) is 4.79 Å². The summed E-state index contributed by atoms with van der Waals surface area (Å²) in [5.41, 5.74) is 3.97. The fourth-order valence-electron chi connectivity index (χ4n) is 2.88. The Morgan fingerprint density at radius 1 is 1.17 bits per heavy atom. The van der Waals surface area contributed by atoms with E-state index in [0.717, 1.165) is 27.6 Å². The van der Waals surface area contributed by atoms with Gasteiger partial charge in [-0.2, -0.15) is 0 Å². The van der Waals surface area contributed by atoms with Crippen LogP contribution >= 0.6 is 0 Å². The van der Waals surface area contributed by atoms with Gasteiger partial charge in [0.05, 0.1) is 5.52 Å². The maximum absolute atomic E-state index is 12.6. The lowest BCUT2D eigenvalue weighted by Crippen LogP contribution is -2.14. The van der Waals surface area contributed by atoms with E-state index in [2.05, 4.69) is 33.4 Å². The summed E-state index contributed by atoms with van der Waals surface area (Å²) in [6.07, 6.45) is 15.7. The molecule has 1 aromatic carbocycles. The van der Waals surface area contributed by atoms with Gasteiger partial charge in [0.1, 0.15) is 12.1 Å². The number of amides is 1. The molecule has 0 aliphatic heterocycles. The van der Waals surface area contributed by atoms with Crippen molar-refractivity contribution in [2.75, 3.05) is 5.32 Å². The Morgan fingerprint density at radius 2 is 2.03 bits per heavy atom. The number of nitrogens with zero attached hydrogens (tertiary/aromatic N) is 3. The average molecular weight is 394 g/mol. The van der Waals surface area contributed by atoms with Gasteiger partial charge in [-0.25, -0.2) is 15.0 Å². The summed E-state index contributed by atoms with van der Waals surface area (Å²) in [4.78, 5) is 25.2.